The van der Waals surface area contributed by atoms with Gasteiger partial charge in [-0.2, -0.15) is 0 Å². The Hall–Kier alpha value is -1.63. The third kappa shape index (κ3) is 3.76. The molecule has 1 aromatic carbocycles. The number of hydrogen-bond donors (Lipinski definition) is 3. The first kappa shape index (κ1) is 15.3. The number of carbonyl (C=O) groups excluding carboxylic acids is 1. The zero-order valence-corrected chi connectivity index (χ0v) is 13.1. The highest BCUT2D eigenvalue weighted by Gasteiger charge is 2.17. The molecule has 3 rings (SSSR count). The number of hydrogen-bond acceptors (Lipinski definition) is 4. The molecule has 1 aliphatic rings. The molecule has 22 heavy (non-hydrogen) atoms. The number of aliphatic hydroxyl groups excluding tert-OH is 1. The van der Waals surface area contributed by atoms with E-state index in [2.05, 4.69) is 10.6 Å². The molecular formula is C16H20N2O3S. The average Bonchev–Trinajstić information content (AvgIpc) is 3.19. The summed E-state index contributed by atoms with van der Waals surface area (Å²) < 4.78 is 6.58. The molecule has 0 saturated carbocycles. The van der Waals surface area contributed by atoms with E-state index in [1.807, 2.05) is 30.3 Å². The fraction of sp³-hybridized carbons (Fsp3) is 0.438. The van der Waals surface area contributed by atoms with Crippen molar-refractivity contribution in [2.45, 2.75) is 25.0 Å². The van der Waals surface area contributed by atoms with Crippen LogP contribution < -0.4 is 10.6 Å². The van der Waals surface area contributed by atoms with Crippen molar-refractivity contribution in [3.05, 3.63) is 35.2 Å². The molecule has 1 aliphatic heterocycles. The molecule has 2 atom stereocenters. The summed E-state index contributed by atoms with van der Waals surface area (Å²) in [6, 6.07) is 9.70. The number of nitrogens with one attached hydrogen (secondary N) is 2. The van der Waals surface area contributed by atoms with Crippen LogP contribution in [0.15, 0.2) is 30.3 Å². The monoisotopic (exact) mass is 320 g/mol. The van der Waals surface area contributed by atoms with E-state index in [-0.39, 0.29) is 18.7 Å². The van der Waals surface area contributed by atoms with Gasteiger partial charge in [0.25, 0.3) is 0 Å². The highest BCUT2D eigenvalue weighted by Crippen LogP contribution is 2.29. The molecule has 0 radical (unpaired) electrons. The van der Waals surface area contributed by atoms with Crippen LogP contribution in [0.1, 0.15) is 23.8 Å². The summed E-state index contributed by atoms with van der Waals surface area (Å²) in [6.07, 6.45) is 1.48. The largest absolute Gasteiger partial charge is 0.386 e. The lowest BCUT2D eigenvalue weighted by atomic mass is 10.2. The second-order valence-electron chi connectivity index (χ2n) is 5.43. The number of fused-ring (bicyclic) bond motifs is 1. The van der Waals surface area contributed by atoms with Crippen molar-refractivity contribution in [3.63, 3.8) is 0 Å². The van der Waals surface area contributed by atoms with Gasteiger partial charge in [0.05, 0.1) is 12.6 Å². The minimum atomic E-state index is -0.689. The Morgan fingerprint density at radius 3 is 3.05 bits per heavy atom. The number of amides is 2. The summed E-state index contributed by atoms with van der Waals surface area (Å²) in [5.74, 6) is 0. The lowest BCUT2D eigenvalue weighted by molar-refractivity contribution is 0.111. The van der Waals surface area contributed by atoms with Gasteiger partial charge < -0.3 is 20.5 Å². The zero-order chi connectivity index (χ0) is 15.4. The van der Waals surface area contributed by atoms with Crippen molar-refractivity contribution >= 4 is 27.5 Å². The molecule has 2 aromatic rings. The molecule has 3 N–H and O–H groups in total. The van der Waals surface area contributed by atoms with Gasteiger partial charge in [-0.3, -0.25) is 0 Å². The van der Waals surface area contributed by atoms with Gasteiger partial charge in [-0.05, 0) is 30.4 Å². The SMILES string of the molecule is O=C(NCC1CCCO1)NCC(O)c1cc2ccccc2s1. The fourth-order valence-corrected chi connectivity index (χ4v) is 3.58. The van der Waals surface area contributed by atoms with Crippen LogP contribution in [-0.4, -0.2) is 36.9 Å². The Morgan fingerprint density at radius 2 is 2.27 bits per heavy atom. The maximum absolute atomic E-state index is 11.7. The van der Waals surface area contributed by atoms with Crippen LogP contribution in [0.3, 0.4) is 0 Å². The van der Waals surface area contributed by atoms with Crippen LogP contribution in [0.25, 0.3) is 10.1 Å². The standard InChI is InChI=1S/C16H20N2O3S/c19-13(15-8-11-4-1-2-6-14(11)22-15)10-18-16(20)17-9-12-5-3-7-21-12/h1-2,4,6,8,12-13,19H,3,5,7,9-10H2,(H2,17,18,20). The molecule has 2 heterocycles. The summed E-state index contributed by atoms with van der Waals surface area (Å²) in [5.41, 5.74) is 0. The smallest absolute Gasteiger partial charge is 0.314 e. The Morgan fingerprint density at radius 1 is 1.41 bits per heavy atom. The summed E-state index contributed by atoms with van der Waals surface area (Å²) >= 11 is 1.55. The van der Waals surface area contributed by atoms with Gasteiger partial charge in [0, 0.05) is 22.7 Å². The number of ether oxygens (including phenoxy) is 1. The fourth-order valence-electron chi connectivity index (χ4n) is 2.53. The van der Waals surface area contributed by atoms with Crippen molar-refractivity contribution in [3.8, 4) is 0 Å². The first-order valence-corrected chi connectivity index (χ1v) is 8.34. The average molecular weight is 320 g/mol. The van der Waals surface area contributed by atoms with Crippen LogP contribution in [0.4, 0.5) is 4.79 Å². The highest BCUT2D eigenvalue weighted by molar-refractivity contribution is 7.19. The van der Waals surface area contributed by atoms with Crippen molar-refractivity contribution in [1.82, 2.24) is 10.6 Å². The first-order valence-electron chi connectivity index (χ1n) is 7.52. The first-order chi connectivity index (χ1) is 10.7. The van der Waals surface area contributed by atoms with Gasteiger partial charge in [-0.25, -0.2) is 4.79 Å². The predicted molar refractivity (Wildman–Crippen MR) is 87.2 cm³/mol. The molecule has 1 saturated heterocycles. The van der Waals surface area contributed by atoms with E-state index < -0.39 is 6.10 Å². The third-order valence-corrected chi connectivity index (χ3v) is 4.96. The van der Waals surface area contributed by atoms with Gasteiger partial charge in [0.1, 0.15) is 6.10 Å². The molecule has 0 bridgehead atoms. The van der Waals surface area contributed by atoms with Crippen molar-refractivity contribution in [2.75, 3.05) is 19.7 Å². The maximum Gasteiger partial charge on any atom is 0.314 e. The van der Waals surface area contributed by atoms with E-state index in [0.29, 0.717) is 6.54 Å². The molecule has 6 heteroatoms. The van der Waals surface area contributed by atoms with E-state index in [4.69, 9.17) is 4.74 Å². The maximum atomic E-state index is 11.7. The van der Waals surface area contributed by atoms with Crippen LogP contribution in [0.5, 0.6) is 0 Å². The number of benzene rings is 1. The van der Waals surface area contributed by atoms with Crippen LogP contribution >= 0.6 is 11.3 Å². The lowest BCUT2D eigenvalue weighted by Gasteiger charge is -2.13. The summed E-state index contributed by atoms with van der Waals surface area (Å²) in [7, 11) is 0. The Labute approximate surface area is 133 Å². The molecule has 118 valence electrons. The minimum Gasteiger partial charge on any atom is -0.386 e. The normalized spacial score (nSPS) is 19.2. The van der Waals surface area contributed by atoms with E-state index in [1.165, 1.54) is 0 Å². The van der Waals surface area contributed by atoms with Crippen LogP contribution in [-0.2, 0) is 4.74 Å². The number of rotatable bonds is 5. The van der Waals surface area contributed by atoms with Gasteiger partial charge >= 0.3 is 6.03 Å². The van der Waals surface area contributed by atoms with Gasteiger partial charge in [-0.15, -0.1) is 11.3 Å². The topological polar surface area (TPSA) is 70.6 Å². The van der Waals surface area contributed by atoms with E-state index >= 15 is 0 Å². The molecule has 1 aromatic heterocycles. The summed E-state index contributed by atoms with van der Waals surface area (Å²) in [4.78, 5) is 12.6. The number of aliphatic hydroxyl groups is 1. The second kappa shape index (κ2) is 7.09. The minimum absolute atomic E-state index is 0.123. The predicted octanol–water partition coefficient (Wildman–Crippen LogP) is 2.41. The number of carbonyl (C=O) groups is 1. The molecule has 5 nitrogen and oxygen atoms in total. The van der Waals surface area contributed by atoms with Crippen molar-refractivity contribution < 1.29 is 14.6 Å². The Balaban J connectivity index is 1.46. The molecule has 0 spiro atoms. The Bertz CT molecular complexity index is 604. The second-order valence-corrected chi connectivity index (χ2v) is 6.54. The quantitative estimate of drug-likeness (QED) is 0.792. The van der Waals surface area contributed by atoms with Crippen molar-refractivity contribution in [1.29, 1.82) is 0 Å². The number of urea groups is 1. The summed E-state index contributed by atoms with van der Waals surface area (Å²) in [5, 5.41) is 16.8. The third-order valence-electron chi connectivity index (χ3n) is 3.74. The van der Waals surface area contributed by atoms with E-state index in [0.717, 1.165) is 34.4 Å². The molecule has 2 amide bonds. The van der Waals surface area contributed by atoms with Crippen molar-refractivity contribution in [2.24, 2.45) is 0 Å². The van der Waals surface area contributed by atoms with Gasteiger partial charge in [0.15, 0.2) is 0 Å². The van der Waals surface area contributed by atoms with Crippen LogP contribution in [0.2, 0.25) is 0 Å². The molecule has 1 fully saturated rings. The molecular weight excluding hydrogens is 300 g/mol. The Kier molecular flexibility index (Phi) is 4.92. The highest BCUT2D eigenvalue weighted by atomic mass is 32.1. The van der Waals surface area contributed by atoms with E-state index in [1.54, 1.807) is 11.3 Å². The molecule has 0 aliphatic carbocycles. The van der Waals surface area contributed by atoms with Gasteiger partial charge in [-0.1, -0.05) is 18.2 Å². The molecule has 2 unspecified atom stereocenters. The van der Waals surface area contributed by atoms with Crippen LogP contribution in [0, 0.1) is 0 Å². The number of thiophene rings is 1. The summed E-state index contributed by atoms with van der Waals surface area (Å²) in [6.45, 7) is 1.49. The van der Waals surface area contributed by atoms with E-state index in [9.17, 15) is 9.90 Å². The lowest BCUT2D eigenvalue weighted by Crippen LogP contribution is -2.41. The van der Waals surface area contributed by atoms with Gasteiger partial charge in [0.2, 0.25) is 0 Å². The zero-order valence-electron chi connectivity index (χ0n) is 12.2.